The Morgan fingerprint density at radius 1 is 1.27 bits per heavy atom. The number of hydrogen-bond donors (Lipinski definition) is 1. The summed E-state index contributed by atoms with van der Waals surface area (Å²) < 4.78 is 11.5. The number of amides is 1. The molecule has 0 saturated heterocycles. The molecule has 1 aliphatic rings. The third-order valence-corrected chi connectivity index (χ3v) is 5.11. The maximum absolute atomic E-state index is 12.4. The van der Waals surface area contributed by atoms with Crippen LogP contribution in [-0.4, -0.2) is 44.7 Å². The Labute approximate surface area is 180 Å². The van der Waals surface area contributed by atoms with Gasteiger partial charge in [-0.05, 0) is 50.4 Å². The summed E-state index contributed by atoms with van der Waals surface area (Å²) in [5.74, 6) is 0.494. The van der Waals surface area contributed by atoms with E-state index in [0.717, 1.165) is 17.5 Å². The molecule has 4 rings (SSSR count). The number of nitrogens with one attached hydrogen (secondary N) is 1. The molecule has 2 aromatic heterocycles. The summed E-state index contributed by atoms with van der Waals surface area (Å²) in [6.45, 7) is 6.86. The normalized spacial score (nSPS) is 13.9. The van der Waals surface area contributed by atoms with E-state index in [1.807, 2.05) is 39.1 Å². The third-order valence-electron chi connectivity index (χ3n) is 4.94. The Balaban J connectivity index is 1.45. The minimum absolute atomic E-state index is 0.113. The lowest BCUT2D eigenvalue weighted by atomic mass is 10.1. The number of carbonyl (C=O) groups is 1. The Morgan fingerprint density at radius 3 is 2.87 bits per heavy atom. The van der Waals surface area contributed by atoms with Crippen molar-refractivity contribution in [2.24, 2.45) is 0 Å². The van der Waals surface area contributed by atoms with Crippen LogP contribution in [0.5, 0.6) is 5.88 Å². The summed E-state index contributed by atoms with van der Waals surface area (Å²) in [7, 11) is 0. The van der Waals surface area contributed by atoms with Crippen molar-refractivity contribution in [2.45, 2.75) is 45.8 Å². The number of carbonyl (C=O) groups excluding carboxylic acids is 1. The second kappa shape index (κ2) is 8.14. The Kier molecular flexibility index (Phi) is 5.56. The van der Waals surface area contributed by atoms with Crippen molar-refractivity contribution in [2.75, 3.05) is 13.2 Å². The van der Waals surface area contributed by atoms with Gasteiger partial charge in [0.05, 0.1) is 18.8 Å². The van der Waals surface area contributed by atoms with E-state index in [0.29, 0.717) is 37.7 Å². The van der Waals surface area contributed by atoms with Gasteiger partial charge in [-0.2, -0.15) is 4.98 Å². The first-order chi connectivity index (χ1) is 14.3. The molecule has 1 amide bonds. The maximum atomic E-state index is 12.4. The zero-order valence-corrected chi connectivity index (χ0v) is 18.1. The molecule has 0 atom stereocenters. The van der Waals surface area contributed by atoms with E-state index in [4.69, 9.17) is 21.1 Å². The fourth-order valence-electron chi connectivity index (χ4n) is 3.56. The fourth-order valence-corrected chi connectivity index (χ4v) is 3.74. The van der Waals surface area contributed by atoms with Gasteiger partial charge >= 0.3 is 6.09 Å². The van der Waals surface area contributed by atoms with E-state index in [9.17, 15) is 4.79 Å². The minimum atomic E-state index is -0.544. The molecule has 1 aliphatic heterocycles. The molecule has 158 valence electrons. The smallest absolute Gasteiger partial charge is 0.410 e. The molecule has 30 heavy (non-hydrogen) atoms. The molecule has 7 nitrogen and oxygen atoms in total. The van der Waals surface area contributed by atoms with Crippen LogP contribution in [0.2, 0.25) is 5.28 Å². The van der Waals surface area contributed by atoms with Gasteiger partial charge in [0.1, 0.15) is 5.60 Å². The van der Waals surface area contributed by atoms with Crippen molar-refractivity contribution >= 4 is 28.6 Å². The SMILES string of the molecule is CC(C)(C)OC(=O)N1CCc2c(nc(Cl)nc2OCCc2c[nH]c3ccccc23)C1. The Hall–Kier alpha value is -2.80. The Morgan fingerprint density at radius 2 is 2.07 bits per heavy atom. The van der Waals surface area contributed by atoms with Crippen molar-refractivity contribution in [1.29, 1.82) is 0 Å². The van der Waals surface area contributed by atoms with Gasteiger partial charge in [-0.25, -0.2) is 9.78 Å². The van der Waals surface area contributed by atoms with Crippen molar-refractivity contribution < 1.29 is 14.3 Å². The van der Waals surface area contributed by atoms with Gasteiger partial charge in [-0.15, -0.1) is 0 Å². The van der Waals surface area contributed by atoms with Gasteiger partial charge in [0, 0.05) is 35.6 Å². The van der Waals surface area contributed by atoms with E-state index >= 15 is 0 Å². The minimum Gasteiger partial charge on any atom is -0.477 e. The van der Waals surface area contributed by atoms with Crippen LogP contribution in [0.25, 0.3) is 10.9 Å². The standard InChI is InChI=1S/C22H25ClN4O3/c1-22(2,3)30-21(28)27-10-8-16-18(13-27)25-20(23)26-19(16)29-11-9-14-12-24-17-7-5-4-6-15(14)17/h4-7,12,24H,8-11,13H2,1-3H3. The average Bonchev–Trinajstić information content (AvgIpc) is 3.09. The van der Waals surface area contributed by atoms with Gasteiger partial charge in [0.25, 0.3) is 0 Å². The highest BCUT2D eigenvalue weighted by molar-refractivity contribution is 6.28. The number of aromatic amines is 1. The topological polar surface area (TPSA) is 80.3 Å². The van der Waals surface area contributed by atoms with Crippen molar-refractivity contribution in [3.05, 3.63) is 52.6 Å². The van der Waals surface area contributed by atoms with Gasteiger partial charge < -0.3 is 19.4 Å². The molecule has 0 radical (unpaired) electrons. The molecule has 1 N–H and O–H groups in total. The van der Waals surface area contributed by atoms with Crippen LogP contribution in [0, 0.1) is 0 Å². The van der Waals surface area contributed by atoms with Crippen LogP contribution in [-0.2, 0) is 24.1 Å². The van der Waals surface area contributed by atoms with E-state index in [-0.39, 0.29) is 11.4 Å². The summed E-state index contributed by atoms with van der Waals surface area (Å²) in [4.78, 5) is 25.9. The second-order valence-electron chi connectivity index (χ2n) is 8.33. The molecule has 0 unspecified atom stereocenters. The van der Waals surface area contributed by atoms with Crippen LogP contribution in [0.3, 0.4) is 0 Å². The van der Waals surface area contributed by atoms with Crippen LogP contribution < -0.4 is 4.74 Å². The number of halogens is 1. The number of aromatic nitrogens is 3. The predicted octanol–water partition coefficient (Wildman–Crippen LogP) is 4.53. The molecule has 1 aromatic carbocycles. The van der Waals surface area contributed by atoms with Gasteiger partial charge in [0.2, 0.25) is 11.2 Å². The first kappa shape index (κ1) is 20.5. The van der Waals surface area contributed by atoms with Crippen LogP contribution in [0.4, 0.5) is 4.79 Å². The lowest BCUT2D eigenvalue weighted by Crippen LogP contribution is -2.40. The summed E-state index contributed by atoms with van der Waals surface area (Å²) >= 11 is 6.13. The first-order valence-electron chi connectivity index (χ1n) is 10.0. The number of rotatable bonds is 4. The molecule has 8 heteroatoms. The summed E-state index contributed by atoms with van der Waals surface area (Å²) in [5.41, 5.74) is 3.36. The number of para-hydroxylation sites is 1. The molecule has 3 heterocycles. The molecule has 3 aromatic rings. The number of hydrogen-bond acceptors (Lipinski definition) is 5. The van der Waals surface area contributed by atoms with Crippen molar-refractivity contribution in [3.8, 4) is 5.88 Å². The monoisotopic (exact) mass is 428 g/mol. The molecule has 0 aliphatic carbocycles. The molecule has 0 spiro atoms. The van der Waals surface area contributed by atoms with E-state index < -0.39 is 5.60 Å². The maximum Gasteiger partial charge on any atom is 0.410 e. The number of fused-ring (bicyclic) bond motifs is 2. The van der Waals surface area contributed by atoms with Gasteiger partial charge in [-0.3, -0.25) is 0 Å². The van der Waals surface area contributed by atoms with Crippen LogP contribution >= 0.6 is 11.6 Å². The summed E-state index contributed by atoms with van der Waals surface area (Å²) in [6.07, 6.45) is 2.98. The first-order valence-corrected chi connectivity index (χ1v) is 10.4. The molecular formula is C22H25ClN4O3. The van der Waals surface area contributed by atoms with Gasteiger partial charge in [-0.1, -0.05) is 18.2 Å². The average molecular weight is 429 g/mol. The molecule has 0 saturated carbocycles. The number of H-pyrrole nitrogens is 1. The van der Waals surface area contributed by atoms with Crippen molar-refractivity contribution in [3.63, 3.8) is 0 Å². The predicted molar refractivity (Wildman–Crippen MR) is 115 cm³/mol. The lowest BCUT2D eigenvalue weighted by Gasteiger charge is -2.31. The molecule has 0 bridgehead atoms. The second-order valence-corrected chi connectivity index (χ2v) is 8.67. The van der Waals surface area contributed by atoms with Crippen molar-refractivity contribution in [1.82, 2.24) is 19.9 Å². The highest BCUT2D eigenvalue weighted by Gasteiger charge is 2.29. The lowest BCUT2D eigenvalue weighted by molar-refractivity contribution is 0.0219. The largest absolute Gasteiger partial charge is 0.477 e. The zero-order valence-electron chi connectivity index (χ0n) is 17.4. The van der Waals surface area contributed by atoms with E-state index in [2.05, 4.69) is 27.1 Å². The summed E-state index contributed by atoms with van der Waals surface area (Å²) in [6, 6.07) is 8.18. The number of nitrogens with zero attached hydrogens (tertiary/aromatic N) is 3. The molecule has 0 fully saturated rings. The quantitative estimate of drug-likeness (QED) is 0.617. The fraction of sp³-hybridized carbons (Fsp3) is 0.409. The highest BCUT2D eigenvalue weighted by atomic mass is 35.5. The zero-order chi connectivity index (χ0) is 21.3. The number of benzene rings is 1. The van der Waals surface area contributed by atoms with Crippen LogP contribution in [0.1, 0.15) is 37.6 Å². The Bertz CT molecular complexity index is 1070. The van der Waals surface area contributed by atoms with Gasteiger partial charge in [0.15, 0.2) is 0 Å². The van der Waals surface area contributed by atoms with Crippen LogP contribution in [0.15, 0.2) is 30.5 Å². The number of ether oxygens (including phenoxy) is 2. The third kappa shape index (κ3) is 4.51. The highest BCUT2D eigenvalue weighted by Crippen LogP contribution is 2.28. The summed E-state index contributed by atoms with van der Waals surface area (Å²) in [5, 5.41) is 1.30. The molecular weight excluding hydrogens is 404 g/mol. The van der Waals surface area contributed by atoms with E-state index in [1.54, 1.807) is 4.90 Å². The van der Waals surface area contributed by atoms with E-state index in [1.165, 1.54) is 10.9 Å².